The minimum absolute atomic E-state index is 0.0207. The van der Waals surface area contributed by atoms with E-state index in [0.29, 0.717) is 26.1 Å². The molecule has 1 atom stereocenters. The number of carbonyl (C=O) groups excluding carboxylic acids is 1. The van der Waals surface area contributed by atoms with E-state index in [9.17, 15) is 18.7 Å². The molecule has 0 radical (unpaired) electrons. The summed E-state index contributed by atoms with van der Waals surface area (Å²) in [5, 5.41) is 15.5. The molecule has 8 nitrogen and oxygen atoms in total. The lowest BCUT2D eigenvalue weighted by atomic mass is 10.1. The van der Waals surface area contributed by atoms with Gasteiger partial charge in [0.05, 0.1) is 13.2 Å². The average molecular weight is 361 g/mol. The van der Waals surface area contributed by atoms with E-state index in [0.717, 1.165) is 0 Å². The summed E-state index contributed by atoms with van der Waals surface area (Å²) in [6, 6.07) is 1.39. The maximum atomic E-state index is 12.9. The fourth-order valence-corrected chi connectivity index (χ4v) is 4.41. The molecule has 1 fully saturated rings. The highest BCUT2D eigenvalue weighted by molar-refractivity contribution is 8.00. The molecule has 1 unspecified atom stereocenters. The molecule has 3 N–H and O–H groups in total. The van der Waals surface area contributed by atoms with Gasteiger partial charge in [0.25, 0.3) is 5.91 Å². The Bertz CT molecular complexity index is 643. The molecule has 1 aliphatic heterocycles. The van der Waals surface area contributed by atoms with Gasteiger partial charge in [-0.15, -0.1) is 0 Å². The Kier molecular flexibility index (Phi) is 5.19. The van der Waals surface area contributed by atoms with Crippen molar-refractivity contribution in [2.45, 2.75) is 56.1 Å². The number of anilines is 1. The number of nitrogens with zero attached hydrogens (tertiary/aromatic N) is 1. The van der Waals surface area contributed by atoms with Crippen LogP contribution in [0.25, 0.3) is 0 Å². The van der Waals surface area contributed by atoms with Gasteiger partial charge in [0, 0.05) is 18.9 Å². The third kappa shape index (κ3) is 3.69. The van der Waals surface area contributed by atoms with Crippen molar-refractivity contribution in [2.24, 2.45) is 0 Å². The van der Waals surface area contributed by atoms with E-state index in [1.165, 1.54) is 33.8 Å². The van der Waals surface area contributed by atoms with Gasteiger partial charge in [-0.05, 0) is 27.7 Å². The Morgan fingerprint density at radius 2 is 1.92 bits per heavy atom. The molecule has 0 spiro atoms. The molecule has 1 aliphatic rings. The third-order valence-electron chi connectivity index (χ3n) is 4.27. The predicted molar refractivity (Wildman–Crippen MR) is 89.0 cm³/mol. The van der Waals surface area contributed by atoms with Crippen LogP contribution in [-0.4, -0.2) is 43.9 Å². The first-order valence-corrected chi connectivity index (χ1v) is 9.38. The number of aliphatic hydroxyl groups is 1. The van der Waals surface area contributed by atoms with Crippen molar-refractivity contribution in [3.63, 3.8) is 0 Å². The number of amides is 1. The lowest BCUT2D eigenvalue weighted by Gasteiger charge is -2.29. The van der Waals surface area contributed by atoms with Crippen molar-refractivity contribution in [1.82, 2.24) is 5.16 Å². The Morgan fingerprint density at radius 3 is 2.42 bits per heavy atom. The number of nitrogens with one attached hydrogen (secondary N) is 1. The summed E-state index contributed by atoms with van der Waals surface area (Å²) in [5.74, 6) is -0.618. The standard InChI is InChI=1S/C15H24N2O6S/c1-14(2,19)11-9-12(23-17-11)16-13(18)15(3,4)24(20,21)10-5-7-22-8-6-10/h9-10,19H,5-8H2,1-4H3,(H-,16,17,18,20,21)/p+1. The number of hydrogen-bond acceptors (Lipinski definition) is 6. The van der Waals surface area contributed by atoms with E-state index in [-0.39, 0.29) is 11.6 Å². The zero-order valence-electron chi connectivity index (χ0n) is 14.4. The molecule has 0 aliphatic carbocycles. The van der Waals surface area contributed by atoms with Gasteiger partial charge in [0.1, 0.15) is 11.3 Å². The molecule has 0 saturated carbocycles. The number of carbonyl (C=O) groups is 1. The van der Waals surface area contributed by atoms with E-state index in [1.54, 1.807) is 0 Å². The van der Waals surface area contributed by atoms with Gasteiger partial charge in [0.2, 0.25) is 20.8 Å². The first-order valence-electron chi connectivity index (χ1n) is 7.80. The van der Waals surface area contributed by atoms with Gasteiger partial charge in [0.15, 0.2) is 5.25 Å². The molecule has 1 aromatic rings. The molecule has 136 valence electrons. The molecule has 2 heterocycles. The van der Waals surface area contributed by atoms with Crippen LogP contribution in [0.15, 0.2) is 10.6 Å². The van der Waals surface area contributed by atoms with E-state index in [4.69, 9.17) is 9.26 Å². The van der Waals surface area contributed by atoms with E-state index >= 15 is 0 Å². The highest BCUT2D eigenvalue weighted by Gasteiger charge is 2.57. The van der Waals surface area contributed by atoms with Crippen LogP contribution in [0.5, 0.6) is 0 Å². The fraction of sp³-hybridized carbons (Fsp3) is 0.733. The molecular formula is C15H25N2O6S+. The summed E-state index contributed by atoms with van der Waals surface area (Å²) in [4.78, 5) is 12.6. The van der Waals surface area contributed by atoms with Gasteiger partial charge in [-0.1, -0.05) is 9.37 Å². The quantitative estimate of drug-likeness (QED) is 0.683. The Hall–Kier alpha value is -1.29. The van der Waals surface area contributed by atoms with Crippen molar-refractivity contribution < 1.29 is 27.9 Å². The number of ether oxygens (including phenoxy) is 1. The Balaban J connectivity index is 2.14. The summed E-state index contributed by atoms with van der Waals surface area (Å²) < 4.78 is 32.2. The van der Waals surface area contributed by atoms with Crippen molar-refractivity contribution in [3.05, 3.63) is 11.8 Å². The molecule has 1 amide bonds. The van der Waals surface area contributed by atoms with Crippen LogP contribution >= 0.6 is 0 Å². The molecular weight excluding hydrogens is 336 g/mol. The molecule has 9 heteroatoms. The zero-order chi connectivity index (χ0) is 18.2. The third-order valence-corrected chi connectivity index (χ3v) is 7.29. The van der Waals surface area contributed by atoms with Crippen LogP contribution in [-0.2, 0) is 29.6 Å². The van der Waals surface area contributed by atoms with Gasteiger partial charge in [-0.25, -0.2) is 0 Å². The summed E-state index contributed by atoms with van der Waals surface area (Å²) in [6.07, 6.45) is 0.883. The molecule has 24 heavy (non-hydrogen) atoms. The Labute approximate surface area is 142 Å². The van der Waals surface area contributed by atoms with Crippen molar-refractivity contribution in [1.29, 1.82) is 0 Å². The van der Waals surface area contributed by atoms with Crippen LogP contribution < -0.4 is 5.32 Å². The number of rotatable bonds is 5. The maximum absolute atomic E-state index is 12.9. The molecule has 0 aromatic carbocycles. The van der Waals surface area contributed by atoms with E-state index in [2.05, 4.69) is 10.5 Å². The highest BCUT2D eigenvalue weighted by atomic mass is 32.3. The molecule has 2 rings (SSSR count). The van der Waals surface area contributed by atoms with Crippen molar-refractivity contribution >= 4 is 22.0 Å². The first kappa shape index (κ1) is 19.0. The van der Waals surface area contributed by atoms with Gasteiger partial charge >= 0.3 is 0 Å². The van der Waals surface area contributed by atoms with Crippen LogP contribution in [0.2, 0.25) is 0 Å². The van der Waals surface area contributed by atoms with Crippen LogP contribution in [0, 0.1) is 0 Å². The van der Waals surface area contributed by atoms with E-state index < -0.39 is 31.7 Å². The van der Waals surface area contributed by atoms with Crippen molar-refractivity contribution in [2.75, 3.05) is 18.5 Å². The fourth-order valence-electron chi connectivity index (χ4n) is 2.43. The van der Waals surface area contributed by atoms with E-state index in [1.807, 2.05) is 0 Å². The maximum Gasteiger partial charge on any atom is 0.285 e. The average Bonchev–Trinajstić information content (AvgIpc) is 2.96. The van der Waals surface area contributed by atoms with Crippen LogP contribution in [0.3, 0.4) is 0 Å². The topological polar surface area (TPSA) is 122 Å². The lowest BCUT2D eigenvalue weighted by molar-refractivity contribution is -0.118. The second kappa shape index (κ2) is 6.55. The lowest BCUT2D eigenvalue weighted by Crippen LogP contribution is -2.53. The second-order valence-corrected chi connectivity index (χ2v) is 9.80. The van der Waals surface area contributed by atoms with Crippen molar-refractivity contribution in [3.8, 4) is 0 Å². The summed E-state index contributed by atoms with van der Waals surface area (Å²) in [5.41, 5.74) is -0.959. The summed E-state index contributed by atoms with van der Waals surface area (Å²) in [7, 11) is -3.46. The smallest absolute Gasteiger partial charge is 0.285 e. The monoisotopic (exact) mass is 361 g/mol. The predicted octanol–water partition coefficient (Wildman–Crippen LogP) is 1.77. The first-order chi connectivity index (χ1) is 11.0. The van der Waals surface area contributed by atoms with Gasteiger partial charge < -0.3 is 14.4 Å². The normalized spacial score (nSPS) is 19.8. The zero-order valence-corrected chi connectivity index (χ0v) is 15.2. The largest absolute Gasteiger partial charge is 0.384 e. The highest BCUT2D eigenvalue weighted by Crippen LogP contribution is 2.33. The minimum Gasteiger partial charge on any atom is -0.384 e. The van der Waals surface area contributed by atoms with Gasteiger partial charge in [-0.2, -0.15) is 4.55 Å². The summed E-state index contributed by atoms with van der Waals surface area (Å²) in [6.45, 7) is 6.77. The number of aromatic nitrogens is 1. The summed E-state index contributed by atoms with van der Waals surface area (Å²) >= 11 is 0. The van der Waals surface area contributed by atoms with Crippen LogP contribution in [0.1, 0.15) is 46.2 Å². The minimum atomic E-state index is -3.46. The number of hydrogen-bond donors (Lipinski definition) is 3. The Morgan fingerprint density at radius 1 is 1.33 bits per heavy atom. The SMILES string of the molecule is CC(C)(O)c1cc(NC(=O)C(C)(C)[S+](=O)(O)C2CCOCC2)on1. The van der Waals surface area contributed by atoms with Crippen LogP contribution in [0.4, 0.5) is 5.88 Å². The second-order valence-electron chi connectivity index (χ2n) is 6.98. The molecule has 1 aromatic heterocycles. The molecule has 0 bridgehead atoms. The van der Waals surface area contributed by atoms with Gasteiger partial charge in [-0.3, -0.25) is 10.1 Å². The molecule has 1 saturated heterocycles.